The number of carbonyl (C=O) groups excluding carboxylic acids is 3. The Kier molecular flexibility index (Phi) is 39.4. The monoisotopic (exact) mass is 808 g/mol. The Morgan fingerprint density at radius 1 is 0.509 bits per heavy atom. The second-order valence-electron chi connectivity index (χ2n) is 17.7. The highest BCUT2D eigenvalue weighted by Gasteiger charge is 2.25. The fourth-order valence-electron chi connectivity index (χ4n) is 7.36. The molecule has 0 aromatic rings. The molecule has 0 aliphatic carbocycles. The molecule has 0 heterocycles. The van der Waals surface area contributed by atoms with Gasteiger partial charge in [0.15, 0.2) is 6.10 Å². The maximum atomic E-state index is 12.7. The topological polar surface area (TPSA) is 102 Å². The maximum absolute atomic E-state index is 12.7. The van der Waals surface area contributed by atoms with E-state index in [9.17, 15) is 19.5 Å². The average molecular weight is 808 g/mol. The zero-order valence-corrected chi connectivity index (χ0v) is 38.3. The lowest BCUT2D eigenvalue weighted by Crippen LogP contribution is -2.55. The molecule has 0 rings (SSSR count). The zero-order valence-electron chi connectivity index (χ0n) is 38.3. The summed E-state index contributed by atoms with van der Waals surface area (Å²) in [6.45, 7) is 4.68. The van der Waals surface area contributed by atoms with E-state index >= 15 is 0 Å². The molecule has 2 atom stereocenters. The van der Waals surface area contributed by atoms with Gasteiger partial charge in [0.05, 0.1) is 40.3 Å². The SMILES string of the molecule is CCCCCC/C=C/CCCCCCCCCC(=O)OC(COCCC(C(=O)[O-])[N+](C)(C)C)COC(=O)CCCCCCCCCCCCCCCCCCCC. The molecular weight excluding hydrogens is 715 g/mol. The van der Waals surface area contributed by atoms with E-state index < -0.39 is 18.1 Å². The van der Waals surface area contributed by atoms with Crippen LogP contribution in [0.15, 0.2) is 12.2 Å². The van der Waals surface area contributed by atoms with Crippen molar-refractivity contribution >= 4 is 17.9 Å². The van der Waals surface area contributed by atoms with Crippen molar-refractivity contribution in [3.63, 3.8) is 0 Å². The Morgan fingerprint density at radius 2 is 0.877 bits per heavy atom. The molecule has 0 fully saturated rings. The minimum absolute atomic E-state index is 0.0448. The number of hydrogen-bond acceptors (Lipinski definition) is 7. The van der Waals surface area contributed by atoms with Crippen LogP contribution in [0.1, 0.15) is 232 Å². The number of allylic oxidation sites excluding steroid dienone is 2. The van der Waals surface area contributed by atoms with E-state index in [1.54, 1.807) is 21.1 Å². The van der Waals surface area contributed by atoms with Crippen LogP contribution < -0.4 is 5.11 Å². The normalized spacial score (nSPS) is 12.9. The van der Waals surface area contributed by atoms with Gasteiger partial charge in [-0.1, -0.05) is 187 Å². The summed E-state index contributed by atoms with van der Waals surface area (Å²) < 4.78 is 17.2. The fraction of sp³-hybridized carbons (Fsp3) is 0.898. The third-order valence-corrected chi connectivity index (χ3v) is 11.2. The van der Waals surface area contributed by atoms with E-state index in [1.165, 1.54) is 161 Å². The number of esters is 2. The van der Waals surface area contributed by atoms with Crippen molar-refractivity contribution in [3.05, 3.63) is 12.2 Å². The van der Waals surface area contributed by atoms with Gasteiger partial charge in [0.25, 0.3) is 0 Å². The van der Waals surface area contributed by atoms with Crippen molar-refractivity contribution in [2.45, 2.75) is 244 Å². The van der Waals surface area contributed by atoms with Crippen LogP contribution in [0.4, 0.5) is 0 Å². The zero-order chi connectivity index (χ0) is 42.1. The lowest BCUT2D eigenvalue weighted by molar-refractivity contribution is -0.889. The Labute approximate surface area is 352 Å². The van der Waals surface area contributed by atoms with E-state index in [4.69, 9.17) is 14.2 Å². The Morgan fingerprint density at radius 3 is 1.28 bits per heavy atom. The molecule has 0 bridgehead atoms. The molecule has 0 aliphatic rings. The quantitative estimate of drug-likeness (QED) is 0.0261. The second-order valence-corrected chi connectivity index (χ2v) is 17.7. The van der Waals surface area contributed by atoms with Crippen molar-refractivity contribution < 1.29 is 38.2 Å². The molecule has 0 aliphatic heterocycles. The predicted octanol–water partition coefficient (Wildman–Crippen LogP) is 12.1. The first kappa shape index (κ1) is 55.1. The molecule has 0 aromatic heterocycles. The molecule has 8 nitrogen and oxygen atoms in total. The lowest BCUT2D eigenvalue weighted by Gasteiger charge is -2.34. The summed E-state index contributed by atoms with van der Waals surface area (Å²) in [4.78, 5) is 36.9. The van der Waals surface area contributed by atoms with Crippen molar-refractivity contribution in [2.75, 3.05) is 41.0 Å². The van der Waals surface area contributed by atoms with Gasteiger partial charge in [0.2, 0.25) is 0 Å². The molecule has 57 heavy (non-hydrogen) atoms. The molecule has 0 saturated heterocycles. The highest BCUT2D eigenvalue weighted by atomic mass is 16.6. The van der Waals surface area contributed by atoms with Gasteiger partial charge in [-0.05, 0) is 38.5 Å². The van der Waals surface area contributed by atoms with Crippen molar-refractivity contribution in [2.24, 2.45) is 0 Å². The second kappa shape index (κ2) is 40.8. The molecule has 0 spiro atoms. The predicted molar refractivity (Wildman–Crippen MR) is 236 cm³/mol. The van der Waals surface area contributed by atoms with Gasteiger partial charge in [0.1, 0.15) is 12.6 Å². The van der Waals surface area contributed by atoms with Crippen LogP contribution in [0.25, 0.3) is 0 Å². The Balaban J connectivity index is 4.24. The van der Waals surface area contributed by atoms with E-state index in [0.29, 0.717) is 12.8 Å². The first-order chi connectivity index (χ1) is 27.6. The van der Waals surface area contributed by atoms with Gasteiger partial charge in [0, 0.05) is 19.3 Å². The van der Waals surface area contributed by atoms with E-state index in [2.05, 4.69) is 26.0 Å². The largest absolute Gasteiger partial charge is 0.544 e. The molecule has 0 aromatic carbocycles. The molecule has 2 unspecified atom stereocenters. The third kappa shape index (κ3) is 39.3. The Bertz CT molecular complexity index is 947. The molecule has 336 valence electrons. The average Bonchev–Trinajstić information content (AvgIpc) is 3.17. The van der Waals surface area contributed by atoms with Gasteiger partial charge in [-0.15, -0.1) is 0 Å². The van der Waals surface area contributed by atoms with E-state index in [0.717, 1.165) is 38.5 Å². The van der Waals surface area contributed by atoms with Crippen LogP contribution in [0, 0.1) is 0 Å². The van der Waals surface area contributed by atoms with Crippen molar-refractivity contribution in [1.29, 1.82) is 0 Å². The summed E-state index contributed by atoms with van der Waals surface area (Å²) in [6, 6.07) is -0.722. The number of likely N-dealkylation sites (N-methyl/N-ethyl adjacent to an activating group) is 1. The minimum atomic E-state index is -1.12. The maximum Gasteiger partial charge on any atom is 0.306 e. The number of ether oxygens (including phenoxy) is 3. The van der Waals surface area contributed by atoms with E-state index in [1.807, 2.05) is 0 Å². The van der Waals surface area contributed by atoms with Crippen molar-refractivity contribution in [3.8, 4) is 0 Å². The molecular formula is C49H93NO7. The number of carboxylic acids is 1. The summed E-state index contributed by atoms with van der Waals surface area (Å²) in [5, 5.41) is 11.6. The highest BCUT2D eigenvalue weighted by molar-refractivity contribution is 5.70. The van der Waals surface area contributed by atoms with Gasteiger partial charge >= 0.3 is 11.9 Å². The van der Waals surface area contributed by atoms with Gasteiger partial charge < -0.3 is 28.6 Å². The molecule has 0 radical (unpaired) electrons. The summed E-state index contributed by atoms with van der Waals surface area (Å²) in [5.41, 5.74) is 0. The molecule has 8 heteroatoms. The van der Waals surface area contributed by atoms with Gasteiger partial charge in [-0.3, -0.25) is 9.59 Å². The van der Waals surface area contributed by atoms with Crippen LogP contribution >= 0.6 is 0 Å². The fourth-order valence-corrected chi connectivity index (χ4v) is 7.36. The number of hydrogen-bond donors (Lipinski definition) is 0. The van der Waals surface area contributed by atoms with Gasteiger partial charge in [-0.25, -0.2) is 0 Å². The van der Waals surface area contributed by atoms with Crippen molar-refractivity contribution in [1.82, 2.24) is 0 Å². The summed E-state index contributed by atoms with van der Waals surface area (Å²) >= 11 is 0. The number of aliphatic carboxylic acids is 1. The van der Waals surface area contributed by atoms with E-state index in [-0.39, 0.29) is 42.7 Å². The minimum Gasteiger partial charge on any atom is -0.544 e. The number of carbonyl (C=O) groups is 3. The molecule has 0 N–H and O–H groups in total. The summed E-state index contributed by atoms with van der Waals surface area (Å²) in [5.74, 6) is -1.72. The van der Waals surface area contributed by atoms with Crippen LogP contribution in [0.5, 0.6) is 0 Å². The first-order valence-electron chi connectivity index (χ1n) is 24.2. The smallest absolute Gasteiger partial charge is 0.306 e. The van der Waals surface area contributed by atoms with Crippen LogP contribution in [0.3, 0.4) is 0 Å². The number of rotatable bonds is 44. The third-order valence-electron chi connectivity index (χ3n) is 11.2. The number of unbranched alkanes of at least 4 members (excludes halogenated alkanes) is 28. The number of quaternary nitrogens is 1. The highest BCUT2D eigenvalue weighted by Crippen LogP contribution is 2.16. The molecule has 0 saturated carbocycles. The summed E-state index contributed by atoms with van der Waals surface area (Å²) in [7, 11) is 5.42. The summed E-state index contributed by atoms with van der Waals surface area (Å²) in [6.07, 6.45) is 43.7. The number of nitrogens with zero attached hydrogens (tertiary/aromatic N) is 1. The van der Waals surface area contributed by atoms with Crippen LogP contribution in [-0.4, -0.2) is 75.5 Å². The Hall–Kier alpha value is -1.93. The van der Waals surface area contributed by atoms with Crippen LogP contribution in [0.2, 0.25) is 0 Å². The lowest BCUT2D eigenvalue weighted by atomic mass is 10.0. The van der Waals surface area contributed by atoms with Gasteiger partial charge in [-0.2, -0.15) is 0 Å². The molecule has 0 amide bonds. The van der Waals surface area contributed by atoms with Crippen LogP contribution in [-0.2, 0) is 28.6 Å². The first-order valence-corrected chi connectivity index (χ1v) is 24.2. The number of carboxylic acid groups (broad SMARTS) is 1. The standard InChI is InChI=1S/C49H93NO7/c1-6-8-10-12-14-16-18-20-22-23-24-26-27-29-31-33-35-37-39-47(51)56-44-45(43-55-42-41-46(49(53)54)50(3,4)5)57-48(52)40-38-36-34-32-30-28-25-21-19-17-15-13-11-9-7-2/h17,19,45-46H,6-16,18,20-44H2,1-5H3/b19-17+.